The Morgan fingerprint density at radius 3 is 2.32 bits per heavy atom. The Labute approximate surface area is 133 Å². The summed E-state index contributed by atoms with van der Waals surface area (Å²) in [6.45, 7) is 0. The number of benzene rings is 2. The predicted octanol–water partition coefficient (Wildman–Crippen LogP) is 2.71. The van der Waals surface area contributed by atoms with Gasteiger partial charge >= 0.3 is 5.97 Å². The molecular formula is C15H12ClNO4S. The number of nitrogens with two attached hydrogens (primary N) is 1. The summed E-state index contributed by atoms with van der Waals surface area (Å²) in [5, 5.41) is 9.03. The summed E-state index contributed by atoms with van der Waals surface area (Å²) in [5.41, 5.74) is 7.02. The molecule has 0 spiro atoms. The van der Waals surface area contributed by atoms with E-state index in [1.165, 1.54) is 30.3 Å². The average molecular weight is 338 g/mol. The summed E-state index contributed by atoms with van der Waals surface area (Å²) in [6, 6.07) is 8.58. The first kappa shape index (κ1) is 16.1. The van der Waals surface area contributed by atoms with Crippen molar-refractivity contribution < 1.29 is 18.3 Å². The summed E-state index contributed by atoms with van der Waals surface area (Å²) in [7, 11) is -3.79. The van der Waals surface area contributed by atoms with Gasteiger partial charge < -0.3 is 10.8 Å². The summed E-state index contributed by atoms with van der Waals surface area (Å²) in [6.07, 6.45) is 3.30. The highest BCUT2D eigenvalue weighted by Gasteiger charge is 2.26. The van der Waals surface area contributed by atoms with Crippen LogP contribution in [-0.4, -0.2) is 19.5 Å². The quantitative estimate of drug-likeness (QED) is 0.665. The van der Waals surface area contributed by atoms with E-state index < -0.39 is 15.8 Å². The van der Waals surface area contributed by atoms with Gasteiger partial charge in [0.15, 0.2) is 0 Å². The van der Waals surface area contributed by atoms with E-state index in [0.29, 0.717) is 16.8 Å². The van der Waals surface area contributed by atoms with E-state index in [0.717, 1.165) is 0 Å². The van der Waals surface area contributed by atoms with Gasteiger partial charge in [0.1, 0.15) is 0 Å². The molecule has 0 fully saturated rings. The molecule has 2 aromatic rings. The number of hydrogen-bond donors (Lipinski definition) is 2. The molecule has 0 aliphatic carbocycles. The van der Waals surface area contributed by atoms with Crippen LogP contribution >= 0.6 is 12.4 Å². The van der Waals surface area contributed by atoms with Gasteiger partial charge in [-0.05, 0) is 41.5 Å². The lowest BCUT2D eigenvalue weighted by Crippen LogP contribution is -2.07. The largest absolute Gasteiger partial charge is 0.478 e. The first-order chi connectivity index (χ1) is 9.89. The zero-order chi connectivity index (χ0) is 15.2. The first-order valence-corrected chi connectivity index (χ1v) is 7.58. The lowest BCUT2D eigenvalue weighted by atomic mass is 10.1. The Bertz CT molecular complexity index is 904. The van der Waals surface area contributed by atoms with Crippen LogP contribution in [0.5, 0.6) is 0 Å². The second kappa shape index (κ2) is 5.47. The van der Waals surface area contributed by atoms with Gasteiger partial charge in [-0.3, -0.25) is 0 Å². The van der Waals surface area contributed by atoms with Crippen molar-refractivity contribution in [2.24, 2.45) is 0 Å². The van der Waals surface area contributed by atoms with Crippen molar-refractivity contribution in [3.63, 3.8) is 0 Å². The highest BCUT2D eigenvalue weighted by molar-refractivity contribution is 7.91. The Kier molecular flexibility index (Phi) is 4.00. The topological polar surface area (TPSA) is 97.5 Å². The van der Waals surface area contributed by atoms with Gasteiger partial charge in [-0.25, -0.2) is 13.2 Å². The minimum absolute atomic E-state index is 0. The van der Waals surface area contributed by atoms with Gasteiger partial charge in [0.2, 0.25) is 9.84 Å². The molecule has 7 heteroatoms. The average Bonchev–Trinajstić information content (AvgIpc) is 2.54. The molecule has 0 aromatic heterocycles. The van der Waals surface area contributed by atoms with Gasteiger partial charge in [0.25, 0.3) is 0 Å². The molecule has 5 nitrogen and oxygen atoms in total. The third kappa shape index (κ3) is 2.47. The third-order valence-corrected chi connectivity index (χ3v) is 5.20. The van der Waals surface area contributed by atoms with E-state index in [-0.39, 0.29) is 27.8 Å². The number of anilines is 1. The van der Waals surface area contributed by atoms with Crippen LogP contribution in [0, 0.1) is 0 Å². The molecule has 0 amide bonds. The Balaban J connectivity index is 0.00000176. The lowest BCUT2D eigenvalue weighted by Gasteiger charge is -2.09. The molecule has 0 saturated carbocycles. The van der Waals surface area contributed by atoms with Crippen LogP contribution in [0.15, 0.2) is 46.2 Å². The van der Waals surface area contributed by atoms with E-state index in [4.69, 9.17) is 10.8 Å². The van der Waals surface area contributed by atoms with Crippen molar-refractivity contribution in [1.29, 1.82) is 0 Å². The summed E-state index contributed by atoms with van der Waals surface area (Å²) >= 11 is 0. The minimum atomic E-state index is -3.79. The molecule has 0 unspecified atom stereocenters. The first-order valence-electron chi connectivity index (χ1n) is 6.09. The van der Waals surface area contributed by atoms with Crippen LogP contribution in [0.1, 0.15) is 21.5 Å². The standard InChI is InChI=1S/C15H11NO4S.ClH/c16-12-5-6-13-10(7-12)3-1-9-2-4-11(15(17)18)8-14(9)21(13,19)20;/h1-8H,16H2,(H,17,18);1H. The Morgan fingerprint density at radius 1 is 0.955 bits per heavy atom. The van der Waals surface area contributed by atoms with E-state index in [2.05, 4.69) is 0 Å². The molecule has 0 bridgehead atoms. The van der Waals surface area contributed by atoms with Crippen LogP contribution in [0.2, 0.25) is 0 Å². The van der Waals surface area contributed by atoms with Crippen molar-refractivity contribution in [1.82, 2.24) is 0 Å². The van der Waals surface area contributed by atoms with Crippen molar-refractivity contribution in [2.45, 2.75) is 9.79 Å². The zero-order valence-corrected chi connectivity index (χ0v) is 12.8. The molecule has 3 N–H and O–H groups in total. The Hall–Kier alpha value is -2.31. The van der Waals surface area contributed by atoms with Gasteiger partial charge in [-0.15, -0.1) is 12.4 Å². The van der Waals surface area contributed by atoms with E-state index in [1.54, 1.807) is 18.2 Å². The van der Waals surface area contributed by atoms with Crippen LogP contribution in [0.4, 0.5) is 5.69 Å². The Morgan fingerprint density at radius 2 is 1.64 bits per heavy atom. The molecule has 0 atom stereocenters. The van der Waals surface area contributed by atoms with E-state index in [9.17, 15) is 13.2 Å². The fraction of sp³-hybridized carbons (Fsp3) is 0. The molecule has 1 aliphatic rings. The summed E-state index contributed by atoms with van der Waals surface area (Å²) < 4.78 is 25.5. The number of fused-ring (bicyclic) bond motifs is 2. The number of carboxylic acid groups (broad SMARTS) is 1. The molecule has 114 valence electrons. The number of aromatic carboxylic acids is 1. The van der Waals surface area contributed by atoms with Crippen LogP contribution in [0.25, 0.3) is 12.2 Å². The molecule has 0 saturated heterocycles. The summed E-state index contributed by atoms with van der Waals surface area (Å²) in [5.74, 6) is -1.17. The monoisotopic (exact) mass is 337 g/mol. The number of rotatable bonds is 1. The molecule has 1 heterocycles. The number of carboxylic acids is 1. The number of nitrogen functional groups attached to an aromatic ring is 1. The molecule has 1 aliphatic heterocycles. The van der Waals surface area contributed by atoms with Gasteiger partial charge in [0.05, 0.1) is 15.4 Å². The highest BCUT2D eigenvalue weighted by atomic mass is 35.5. The SMILES string of the molecule is Cl.Nc1ccc2c(c1)C=Cc1ccc(C(=O)O)cc1S2(=O)=O. The maximum absolute atomic E-state index is 12.7. The molecule has 0 radical (unpaired) electrons. The normalized spacial score (nSPS) is 14.2. The minimum Gasteiger partial charge on any atom is -0.478 e. The van der Waals surface area contributed by atoms with Crippen LogP contribution < -0.4 is 5.73 Å². The van der Waals surface area contributed by atoms with Crippen LogP contribution in [0.3, 0.4) is 0 Å². The molecule has 2 aromatic carbocycles. The number of hydrogen-bond acceptors (Lipinski definition) is 4. The number of sulfone groups is 1. The fourth-order valence-corrected chi connectivity index (χ4v) is 3.93. The molecule has 3 rings (SSSR count). The van der Waals surface area contributed by atoms with E-state index >= 15 is 0 Å². The van der Waals surface area contributed by atoms with E-state index in [1.807, 2.05) is 0 Å². The smallest absolute Gasteiger partial charge is 0.335 e. The lowest BCUT2D eigenvalue weighted by molar-refractivity contribution is 0.0696. The van der Waals surface area contributed by atoms with Gasteiger partial charge in [-0.2, -0.15) is 0 Å². The number of halogens is 1. The van der Waals surface area contributed by atoms with Crippen LogP contribution in [-0.2, 0) is 9.84 Å². The van der Waals surface area contributed by atoms with Crippen molar-refractivity contribution in [3.8, 4) is 0 Å². The summed E-state index contributed by atoms with van der Waals surface area (Å²) in [4.78, 5) is 11.2. The predicted molar refractivity (Wildman–Crippen MR) is 85.9 cm³/mol. The number of carbonyl (C=O) groups is 1. The van der Waals surface area contributed by atoms with Crippen molar-refractivity contribution >= 4 is 46.1 Å². The van der Waals surface area contributed by atoms with Gasteiger partial charge in [0, 0.05) is 5.69 Å². The second-order valence-corrected chi connectivity index (χ2v) is 6.58. The fourth-order valence-electron chi connectivity index (χ4n) is 2.28. The third-order valence-electron chi connectivity index (χ3n) is 3.32. The maximum Gasteiger partial charge on any atom is 0.335 e. The highest BCUT2D eigenvalue weighted by Crippen LogP contribution is 2.33. The maximum atomic E-state index is 12.7. The zero-order valence-electron chi connectivity index (χ0n) is 11.2. The molecular weight excluding hydrogens is 326 g/mol. The van der Waals surface area contributed by atoms with Crippen molar-refractivity contribution in [3.05, 3.63) is 53.1 Å². The second-order valence-electron chi connectivity index (χ2n) is 4.69. The van der Waals surface area contributed by atoms with Gasteiger partial charge in [-0.1, -0.05) is 18.2 Å². The molecule has 22 heavy (non-hydrogen) atoms. The van der Waals surface area contributed by atoms with Crippen molar-refractivity contribution in [2.75, 3.05) is 5.73 Å².